The maximum atomic E-state index is 13.1. The molecule has 2 N–H and O–H groups in total. The molecule has 20 heavy (non-hydrogen) atoms. The highest BCUT2D eigenvalue weighted by Gasteiger charge is 2.07. The van der Waals surface area contributed by atoms with Crippen LogP contribution in [0, 0.1) is 12.7 Å². The molecule has 0 atom stereocenters. The van der Waals surface area contributed by atoms with E-state index in [1.807, 2.05) is 13.8 Å². The number of rotatable bonds is 4. The molecule has 0 amide bonds. The summed E-state index contributed by atoms with van der Waals surface area (Å²) in [5.41, 5.74) is 7.11. The number of halogens is 1. The van der Waals surface area contributed by atoms with Gasteiger partial charge in [-0.2, -0.15) is 0 Å². The molecule has 106 valence electrons. The lowest BCUT2D eigenvalue weighted by Crippen LogP contribution is -2.06. The summed E-state index contributed by atoms with van der Waals surface area (Å²) in [6.45, 7) is 5.66. The van der Waals surface area contributed by atoms with Crippen LogP contribution in [0.15, 0.2) is 36.4 Å². The Labute approximate surface area is 118 Å². The molecule has 0 aliphatic carbocycles. The summed E-state index contributed by atoms with van der Waals surface area (Å²) >= 11 is 0. The van der Waals surface area contributed by atoms with E-state index in [2.05, 4.69) is 0 Å². The van der Waals surface area contributed by atoms with Gasteiger partial charge in [-0.15, -0.1) is 0 Å². The molecule has 0 bridgehead atoms. The van der Waals surface area contributed by atoms with E-state index in [-0.39, 0.29) is 11.9 Å². The van der Waals surface area contributed by atoms with Crippen molar-refractivity contribution in [3.63, 3.8) is 0 Å². The molecule has 0 aliphatic heterocycles. The molecule has 2 aromatic carbocycles. The van der Waals surface area contributed by atoms with Gasteiger partial charge in [-0.1, -0.05) is 0 Å². The molecule has 2 rings (SSSR count). The summed E-state index contributed by atoms with van der Waals surface area (Å²) in [5.74, 6) is 1.52. The molecular weight excluding hydrogens is 257 g/mol. The van der Waals surface area contributed by atoms with Gasteiger partial charge in [-0.25, -0.2) is 4.39 Å². The van der Waals surface area contributed by atoms with Gasteiger partial charge in [0.1, 0.15) is 23.1 Å². The summed E-state index contributed by atoms with van der Waals surface area (Å²) < 4.78 is 24.4. The smallest absolute Gasteiger partial charge is 0.133 e. The molecule has 2 aromatic rings. The number of aryl methyl sites for hydroxylation is 1. The normalized spacial score (nSPS) is 10.7. The lowest BCUT2D eigenvalue weighted by Gasteiger charge is -2.13. The van der Waals surface area contributed by atoms with Crippen molar-refractivity contribution < 1.29 is 13.9 Å². The topological polar surface area (TPSA) is 44.5 Å². The molecule has 0 aliphatic rings. The molecule has 0 saturated carbocycles. The molecule has 0 aromatic heterocycles. The standard InChI is InChI=1S/C16H18FNO2/c1-10(2)19-14-7-13(18)8-15(9-14)20-16-5-4-12(17)6-11(16)3/h4-10H,18H2,1-3H3. The fraction of sp³-hybridized carbons (Fsp3) is 0.250. The fourth-order valence-electron chi connectivity index (χ4n) is 1.85. The first-order chi connectivity index (χ1) is 9.44. The third-order valence-corrected chi connectivity index (χ3v) is 2.64. The summed E-state index contributed by atoms with van der Waals surface area (Å²) in [6, 6.07) is 9.59. The number of ether oxygens (including phenoxy) is 2. The van der Waals surface area contributed by atoms with Gasteiger partial charge in [0.25, 0.3) is 0 Å². The minimum atomic E-state index is -0.286. The van der Waals surface area contributed by atoms with Crippen molar-refractivity contribution in [1.82, 2.24) is 0 Å². The van der Waals surface area contributed by atoms with Crippen LogP contribution in [0.5, 0.6) is 17.2 Å². The van der Waals surface area contributed by atoms with Crippen LogP contribution in [0.25, 0.3) is 0 Å². The van der Waals surface area contributed by atoms with Crippen LogP contribution in [-0.2, 0) is 0 Å². The van der Waals surface area contributed by atoms with Gasteiger partial charge >= 0.3 is 0 Å². The predicted molar refractivity (Wildman–Crippen MR) is 77.8 cm³/mol. The average molecular weight is 275 g/mol. The Morgan fingerprint density at radius 3 is 2.40 bits per heavy atom. The third kappa shape index (κ3) is 3.63. The van der Waals surface area contributed by atoms with Gasteiger partial charge in [0.15, 0.2) is 0 Å². The quantitative estimate of drug-likeness (QED) is 0.846. The summed E-state index contributed by atoms with van der Waals surface area (Å²) in [7, 11) is 0. The van der Waals surface area contributed by atoms with Crippen LogP contribution in [-0.4, -0.2) is 6.10 Å². The van der Waals surface area contributed by atoms with Gasteiger partial charge in [0.2, 0.25) is 0 Å². The van der Waals surface area contributed by atoms with Crippen LogP contribution in [0.3, 0.4) is 0 Å². The number of benzene rings is 2. The van der Waals surface area contributed by atoms with Crippen LogP contribution < -0.4 is 15.2 Å². The highest BCUT2D eigenvalue weighted by molar-refractivity contribution is 5.52. The van der Waals surface area contributed by atoms with E-state index in [0.29, 0.717) is 22.9 Å². The Hall–Kier alpha value is -2.23. The van der Waals surface area contributed by atoms with E-state index < -0.39 is 0 Å². The van der Waals surface area contributed by atoms with Crippen LogP contribution in [0.4, 0.5) is 10.1 Å². The third-order valence-electron chi connectivity index (χ3n) is 2.64. The Balaban J connectivity index is 2.26. The minimum Gasteiger partial charge on any atom is -0.491 e. The van der Waals surface area contributed by atoms with Crippen LogP contribution in [0.2, 0.25) is 0 Å². The van der Waals surface area contributed by atoms with Gasteiger partial charge in [-0.05, 0) is 44.5 Å². The van der Waals surface area contributed by atoms with Crippen molar-refractivity contribution in [2.45, 2.75) is 26.9 Å². The lowest BCUT2D eigenvalue weighted by atomic mass is 10.2. The van der Waals surface area contributed by atoms with Gasteiger partial charge in [0.05, 0.1) is 6.10 Å². The zero-order valence-corrected chi connectivity index (χ0v) is 11.8. The highest BCUT2D eigenvalue weighted by Crippen LogP contribution is 2.30. The number of anilines is 1. The van der Waals surface area contributed by atoms with Crippen molar-refractivity contribution >= 4 is 5.69 Å². The average Bonchev–Trinajstić information content (AvgIpc) is 2.31. The van der Waals surface area contributed by atoms with E-state index >= 15 is 0 Å². The Morgan fingerprint density at radius 2 is 1.75 bits per heavy atom. The van der Waals surface area contributed by atoms with Crippen LogP contribution >= 0.6 is 0 Å². The molecule has 0 unspecified atom stereocenters. The van der Waals surface area contributed by atoms with E-state index in [0.717, 1.165) is 5.56 Å². The molecular formula is C16H18FNO2. The summed E-state index contributed by atoms with van der Waals surface area (Å²) in [6.07, 6.45) is 0.0530. The van der Waals surface area contributed by atoms with Crippen molar-refractivity contribution in [2.24, 2.45) is 0 Å². The second kappa shape index (κ2) is 5.82. The zero-order valence-electron chi connectivity index (χ0n) is 11.8. The van der Waals surface area contributed by atoms with Gasteiger partial charge in [-0.3, -0.25) is 0 Å². The second-order valence-corrected chi connectivity index (χ2v) is 4.92. The fourth-order valence-corrected chi connectivity index (χ4v) is 1.85. The first kappa shape index (κ1) is 14.2. The predicted octanol–water partition coefficient (Wildman–Crippen LogP) is 4.30. The number of nitrogen functional groups attached to an aromatic ring is 1. The summed E-state index contributed by atoms with van der Waals surface area (Å²) in [5, 5.41) is 0. The van der Waals surface area contributed by atoms with E-state index in [1.165, 1.54) is 12.1 Å². The van der Waals surface area contributed by atoms with Crippen LogP contribution in [0.1, 0.15) is 19.4 Å². The molecule has 0 fully saturated rings. The molecule has 0 radical (unpaired) electrons. The number of hydrogen-bond acceptors (Lipinski definition) is 3. The second-order valence-electron chi connectivity index (χ2n) is 4.92. The number of hydrogen-bond donors (Lipinski definition) is 1. The van der Waals surface area contributed by atoms with E-state index in [1.54, 1.807) is 31.2 Å². The first-order valence-electron chi connectivity index (χ1n) is 6.45. The number of nitrogens with two attached hydrogens (primary N) is 1. The van der Waals surface area contributed by atoms with Gasteiger partial charge < -0.3 is 15.2 Å². The zero-order chi connectivity index (χ0) is 14.7. The minimum absolute atomic E-state index is 0.0530. The monoisotopic (exact) mass is 275 g/mol. The first-order valence-corrected chi connectivity index (χ1v) is 6.45. The molecule has 3 nitrogen and oxygen atoms in total. The summed E-state index contributed by atoms with van der Waals surface area (Å²) in [4.78, 5) is 0. The van der Waals surface area contributed by atoms with E-state index in [9.17, 15) is 4.39 Å². The maximum absolute atomic E-state index is 13.1. The van der Waals surface area contributed by atoms with Crippen molar-refractivity contribution in [1.29, 1.82) is 0 Å². The Morgan fingerprint density at radius 1 is 1.05 bits per heavy atom. The SMILES string of the molecule is Cc1cc(F)ccc1Oc1cc(N)cc(OC(C)C)c1. The molecule has 0 heterocycles. The Bertz CT molecular complexity index is 611. The molecule has 0 saturated heterocycles. The molecule has 4 heteroatoms. The maximum Gasteiger partial charge on any atom is 0.133 e. The van der Waals surface area contributed by atoms with Crippen molar-refractivity contribution in [3.8, 4) is 17.2 Å². The van der Waals surface area contributed by atoms with E-state index in [4.69, 9.17) is 15.2 Å². The van der Waals surface area contributed by atoms with Crippen molar-refractivity contribution in [2.75, 3.05) is 5.73 Å². The highest BCUT2D eigenvalue weighted by atomic mass is 19.1. The largest absolute Gasteiger partial charge is 0.491 e. The van der Waals surface area contributed by atoms with Gasteiger partial charge in [0, 0.05) is 23.9 Å². The molecule has 0 spiro atoms. The van der Waals surface area contributed by atoms with Crippen molar-refractivity contribution in [3.05, 3.63) is 47.8 Å². The Kier molecular flexibility index (Phi) is 4.13. The lowest BCUT2D eigenvalue weighted by molar-refractivity contribution is 0.242.